The summed E-state index contributed by atoms with van der Waals surface area (Å²) in [5, 5.41) is 6.40. The molecule has 1 aliphatic carbocycles. The zero-order chi connectivity index (χ0) is 20.3. The molecule has 3 rings (SSSR count). The SMILES string of the molecule is [N-]=[N+]=NC1=C(N=[N+]=[N-])c2c(cccc2S(=O)(=O)Oc2ccccc2)C(=O)C1=O. The summed E-state index contributed by atoms with van der Waals surface area (Å²) in [6.07, 6.45) is 0. The Morgan fingerprint density at radius 1 is 0.821 bits per heavy atom. The smallest absolute Gasteiger partial charge is 0.339 e. The Morgan fingerprint density at radius 2 is 1.46 bits per heavy atom. The van der Waals surface area contributed by atoms with E-state index in [9.17, 15) is 18.0 Å². The van der Waals surface area contributed by atoms with Crippen molar-refractivity contribution in [1.82, 2.24) is 0 Å². The molecule has 0 N–H and O–H groups in total. The Morgan fingerprint density at radius 3 is 2.11 bits per heavy atom. The molecule has 0 bridgehead atoms. The van der Waals surface area contributed by atoms with Gasteiger partial charge < -0.3 is 4.18 Å². The monoisotopic (exact) mass is 396 g/mol. The third-order valence-electron chi connectivity index (χ3n) is 3.66. The molecule has 0 atom stereocenters. The number of carbonyl (C=O) groups excluding carboxylic acids is 2. The Labute approximate surface area is 157 Å². The van der Waals surface area contributed by atoms with Gasteiger partial charge in [-0.1, -0.05) is 40.6 Å². The van der Waals surface area contributed by atoms with Crippen molar-refractivity contribution in [3.63, 3.8) is 0 Å². The lowest BCUT2D eigenvalue weighted by Crippen LogP contribution is -2.25. The molecule has 0 saturated heterocycles. The van der Waals surface area contributed by atoms with Crippen LogP contribution in [-0.2, 0) is 14.9 Å². The van der Waals surface area contributed by atoms with E-state index in [1.807, 2.05) is 0 Å². The molecule has 0 spiro atoms. The topological polar surface area (TPSA) is 175 Å². The first-order chi connectivity index (χ1) is 13.4. The first-order valence-electron chi connectivity index (χ1n) is 7.47. The Bertz CT molecular complexity index is 1240. The number of allylic oxidation sites excluding steroid dienone is 1. The van der Waals surface area contributed by atoms with Crippen molar-refractivity contribution < 1.29 is 22.2 Å². The third kappa shape index (κ3) is 3.17. The summed E-state index contributed by atoms with van der Waals surface area (Å²) >= 11 is 0. The fourth-order valence-electron chi connectivity index (χ4n) is 2.56. The van der Waals surface area contributed by atoms with Gasteiger partial charge in [0.1, 0.15) is 10.6 Å². The van der Waals surface area contributed by atoms with Gasteiger partial charge in [-0.2, -0.15) is 8.42 Å². The number of fused-ring (bicyclic) bond motifs is 1. The predicted molar refractivity (Wildman–Crippen MR) is 95.2 cm³/mol. The molecule has 2 aromatic carbocycles. The van der Waals surface area contributed by atoms with Crippen LogP contribution in [0.25, 0.3) is 26.6 Å². The van der Waals surface area contributed by atoms with E-state index in [1.54, 1.807) is 18.2 Å². The Kier molecular flexibility index (Phi) is 4.84. The van der Waals surface area contributed by atoms with Gasteiger partial charge in [-0.15, -0.1) is 0 Å². The minimum Gasteiger partial charge on any atom is -0.379 e. The van der Waals surface area contributed by atoms with Crippen molar-refractivity contribution in [1.29, 1.82) is 0 Å². The minimum atomic E-state index is -4.50. The lowest BCUT2D eigenvalue weighted by atomic mass is 9.91. The molecule has 12 heteroatoms. The van der Waals surface area contributed by atoms with Gasteiger partial charge in [0, 0.05) is 21.0 Å². The molecule has 0 heterocycles. The van der Waals surface area contributed by atoms with Crippen molar-refractivity contribution in [3.05, 3.63) is 86.2 Å². The molecular weight excluding hydrogens is 388 g/mol. The number of para-hydroxylation sites is 1. The van der Waals surface area contributed by atoms with Crippen LogP contribution in [0.3, 0.4) is 0 Å². The maximum Gasteiger partial charge on any atom is 0.339 e. The molecule has 0 aliphatic heterocycles. The molecule has 0 unspecified atom stereocenters. The number of hydrogen-bond donors (Lipinski definition) is 0. The van der Waals surface area contributed by atoms with E-state index >= 15 is 0 Å². The van der Waals surface area contributed by atoms with Gasteiger partial charge in [0.2, 0.25) is 11.6 Å². The molecular formula is C16H8N6O5S. The number of rotatable bonds is 5. The second-order valence-corrected chi connectivity index (χ2v) is 6.78. The zero-order valence-corrected chi connectivity index (χ0v) is 14.6. The van der Waals surface area contributed by atoms with E-state index in [-0.39, 0.29) is 16.9 Å². The van der Waals surface area contributed by atoms with E-state index in [1.165, 1.54) is 24.3 Å². The van der Waals surface area contributed by atoms with Crippen molar-refractivity contribution in [2.75, 3.05) is 0 Å². The van der Waals surface area contributed by atoms with Crippen molar-refractivity contribution >= 4 is 27.4 Å². The Hall–Kier alpha value is -4.11. The second-order valence-electron chi connectivity index (χ2n) is 5.26. The molecule has 0 radical (unpaired) electrons. The number of benzene rings is 2. The van der Waals surface area contributed by atoms with Crippen LogP contribution in [0.4, 0.5) is 0 Å². The van der Waals surface area contributed by atoms with E-state index in [0.29, 0.717) is 0 Å². The van der Waals surface area contributed by atoms with Crippen LogP contribution >= 0.6 is 0 Å². The van der Waals surface area contributed by atoms with Crippen LogP contribution in [0, 0.1) is 0 Å². The van der Waals surface area contributed by atoms with Gasteiger partial charge >= 0.3 is 10.1 Å². The number of hydrogen-bond acceptors (Lipinski definition) is 7. The van der Waals surface area contributed by atoms with Crippen LogP contribution in [-0.4, -0.2) is 20.0 Å². The van der Waals surface area contributed by atoms with Gasteiger partial charge in [-0.3, -0.25) is 9.59 Å². The van der Waals surface area contributed by atoms with E-state index in [0.717, 1.165) is 6.07 Å². The van der Waals surface area contributed by atoms with Crippen LogP contribution < -0.4 is 4.18 Å². The highest BCUT2D eigenvalue weighted by Crippen LogP contribution is 2.36. The maximum absolute atomic E-state index is 12.8. The third-order valence-corrected chi connectivity index (χ3v) is 4.95. The summed E-state index contributed by atoms with van der Waals surface area (Å²) in [6, 6.07) is 11.1. The zero-order valence-electron chi connectivity index (χ0n) is 13.8. The number of Topliss-reactive ketones (excluding diaryl/α,β-unsaturated/α-hetero) is 2. The van der Waals surface area contributed by atoms with Crippen LogP contribution in [0.1, 0.15) is 15.9 Å². The quantitative estimate of drug-likeness (QED) is 0.246. The van der Waals surface area contributed by atoms with Crippen LogP contribution in [0.15, 0.2) is 69.4 Å². The first kappa shape index (κ1) is 18.7. The van der Waals surface area contributed by atoms with Gasteiger partial charge in [-0.05, 0) is 29.3 Å². The summed E-state index contributed by atoms with van der Waals surface area (Å²) in [5.74, 6) is -2.32. The van der Waals surface area contributed by atoms with Crippen LogP contribution in [0.5, 0.6) is 5.75 Å². The molecule has 0 aromatic heterocycles. The summed E-state index contributed by atoms with van der Waals surface area (Å²) < 4.78 is 30.6. The fourth-order valence-corrected chi connectivity index (χ4v) is 3.71. The molecule has 2 aromatic rings. The maximum atomic E-state index is 12.8. The highest BCUT2D eigenvalue weighted by molar-refractivity contribution is 7.87. The standard InChI is InChI=1S/C16H8N6O5S/c17-21-19-13-12-10(15(23)16(24)14(13)20-22-18)7-4-8-11(12)28(25,26)27-9-5-2-1-3-6-9/h1-8H. The highest BCUT2D eigenvalue weighted by Gasteiger charge is 2.36. The molecule has 138 valence electrons. The van der Waals surface area contributed by atoms with Crippen LogP contribution in [0.2, 0.25) is 0 Å². The van der Waals surface area contributed by atoms with Crippen molar-refractivity contribution in [2.24, 2.45) is 10.2 Å². The number of carbonyl (C=O) groups is 2. The largest absolute Gasteiger partial charge is 0.379 e. The van der Waals surface area contributed by atoms with Crippen molar-refractivity contribution in [2.45, 2.75) is 4.90 Å². The Balaban J connectivity index is 2.32. The molecule has 1 aliphatic rings. The molecule has 0 amide bonds. The van der Waals surface area contributed by atoms with Gasteiger partial charge in [0.15, 0.2) is 0 Å². The van der Waals surface area contributed by atoms with Gasteiger partial charge in [0.25, 0.3) is 0 Å². The molecule has 0 saturated carbocycles. The summed E-state index contributed by atoms with van der Waals surface area (Å²) in [4.78, 5) is 29.0. The van der Waals surface area contributed by atoms with Crippen molar-refractivity contribution in [3.8, 4) is 5.75 Å². The van der Waals surface area contributed by atoms with E-state index < -0.39 is 38.0 Å². The summed E-state index contributed by atoms with van der Waals surface area (Å²) in [5.41, 5.74) is 15.4. The van der Waals surface area contributed by atoms with Gasteiger partial charge in [-0.25, -0.2) is 0 Å². The number of azide groups is 2. The molecule has 11 nitrogen and oxygen atoms in total. The lowest BCUT2D eigenvalue weighted by molar-refractivity contribution is -0.111. The average Bonchev–Trinajstić information content (AvgIpc) is 2.68. The number of ketones is 2. The van der Waals surface area contributed by atoms with E-state index in [4.69, 9.17) is 15.2 Å². The second kappa shape index (κ2) is 7.25. The lowest BCUT2D eigenvalue weighted by Gasteiger charge is -2.19. The average molecular weight is 396 g/mol. The highest BCUT2D eigenvalue weighted by atomic mass is 32.2. The molecule has 28 heavy (non-hydrogen) atoms. The fraction of sp³-hybridized carbons (Fsp3) is 0. The van der Waals surface area contributed by atoms with E-state index in [2.05, 4.69) is 20.1 Å². The summed E-state index contributed by atoms with van der Waals surface area (Å²) in [6.45, 7) is 0. The summed E-state index contributed by atoms with van der Waals surface area (Å²) in [7, 11) is -4.50. The normalized spacial score (nSPS) is 13.3. The molecule has 0 fully saturated rings. The first-order valence-corrected chi connectivity index (χ1v) is 8.88. The minimum absolute atomic E-state index is 0.00268. The predicted octanol–water partition coefficient (Wildman–Crippen LogP) is 3.51. The van der Waals surface area contributed by atoms with Gasteiger partial charge in [0.05, 0.1) is 11.4 Å². The number of nitrogens with zero attached hydrogens (tertiary/aromatic N) is 6.